The SMILES string of the molecule is CC(C)(C)OC(=O)NCC(F)(F)CNCc1ccc(I)o1. The topological polar surface area (TPSA) is 63.5 Å². The number of carbonyl (C=O) groups excluding carboxylic acids is 1. The van der Waals surface area contributed by atoms with Crippen LogP contribution in [0.25, 0.3) is 0 Å². The van der Waals surface area contributed by atoms with Crippen molar-refractivity contribution in [1.29, 1.82) is 0 Å². The summed E-state index contributed by atoms with van der Waals surface area (Å²) >= 11 is 2.00. The smallest absolute Gasteiger partial charge is 0.407 e. The van der Waals surface area contributed by atoms with Crippen molar-refractivity contribution in [3.05, 3.63) is 21.7 Å². The second-order valence-electron chi connectivity index (χ2n) is 5.52. The van der Waals surface area contributed by atoms with Gasteiger partial charge < -0.3 is 19.8 Å². The maximum atomic E-state index is 13.6. The lowest BCUT2D eigenvalue weighted by Crippen LogP contribution is -2.44. The number of hydrogen-bond acceptors (Lipinski definition) is 4. The van der Waals surface area contributed by atoms with E-state index in [0.717, 1.165) is 0 Å². The molecular weight excluding hydrogens is 397 g/mol. The molecule has 1 aromatic rings. The van der Waals surface area contributed by atoms with Crippen LogP contribution < -0.4 is 10.6 Å². The zero-order valence-corrected chi connectivity index (χ0v) is 14.3. The maximum Gasteiger partial charge on any atom is 0.407 e. The van der Waals surface area contributed by atoms with Gasteiger partial charge in [0.25, 0.3) is 5.92 Å². The van der Waals surface area contributed by atoms with Gasteiger partial charge in [-0.2, -0.15) is 0 Å². The van der Waals surface area contributed by atoms with Crippen LogP contribution in [0.2, 0.25) is 0 Å². The molecule has 0 fully saturated rings. The first-order valence-electron chi connectivity index (χ1n) is 6.37. The van der Waals surface area contributed by atoms with Crippen LogP contribution in [0.15, 0.2) is 16.5 Å². The highest BCUT2D eigenvalue weighted by Gasteiger charge is 2.30. The third kappa shape index (κ3) is 8.20. The Balaban J connectivity index is 2.28. The van der Waals surface area contributed by atoms with E-state index in [9.17, 15) is 13.6 Å². The van der Waals surface area contributed by atoms with Crippen LogP contribution in [-0.4, -0.2) is 30.7 Å². The van der Waals surface area contributed by atoms with E-state index in [-0.39, 0.29) is 6.54 Å². The average Bonchev–Trinajstić information content (AvgIpc) is 2.70. The minimum atomic E-state index is -3.07. The van der Waals surface area contributed by atoms with Crippen molar-refractivity contribution >= 4 is 28.7 Å². The summed E-state index contributed by atoms with van der Waals surface area (Å²) in [7, 11) is 0. The van der Waals surface area contributed by atoms with Gasteiger partial charge in [0, 0.05) is 0 Å². The van der Waals surface area contributed by atoms with Gasteiger partial charge >= 0.3 is 6.09 Å². The lowest BCUT2D eigenvalue weighted by molar-refractivity contribution is -0.00404. The standard InChI is InChI=1S/C13H19F2IN2O3/c1-12(2,3)21-11(19)18-8-13(14,15)7-17-6-9-4-5-10(16)20-9/h4-5,17H,6-8H2,1-3H3,(H,18,19). The van der Waals surface area contributed by atoms with Crippen molar-refractivity contribution in [2.24, 2.45) is 0 Å². The fourth-order valence-corrected chi connectivity index (χ4v) is 1.86. The molecule has 120 valence electrons. The fourth-order valence-electron chi connectivity index (χ4n) is 1.39. The first kappa shape index (κ1) is 18.1. The van der Waals surface area contributed by atoms with Gasteiger partial charge in [0.2, 0.25) is 0 Å². The van der Waals surface area contributed by atoms with E-state index in [2.05, 4.69) is 10.6 Å². The Bertz CT molecular complexity index is 472. The molecular formula is C13H19F2IN2O3. The number of alkyl halides is 2. The molecule has 0 spiro atoms. The largest absolute Gasteiger partial charge is 0.454 e. The van der Waals surface area contributed by atoms with Gasteiger partial charge in [-0.05, 0) is 55.5 Å². The third-order valence-corrected chi connectivity index (χ3v) is 2.78. The van der Waals surface area contributed by atoms with Gasteiger partial charge in [0.1, 0.15) is 11.4 Å². The van der Waals surface area contributed by atoms with E-state index in [1.54, 1.807) is 32.9 Å². The van der Waals surface area contributed by atoms with E-state index in [4.69, 9.17) is 9.15 Å². The van der Waals surface area contributed by atoms with Crippen LogP contribution in [-0.2, 0) is 11.3 Å². The number of hydrogen-bond donors (Lipinski definition) is 2. The van der Waals surface area contributed by atoms with Crippen LogP contribution in [0.4, 0.5) is 13.6 Å². The third-order valence-electron chi connectivity index (χ3n) is 2.20. The molecule has 1 aromatic heterocycles. The van der Waals surface area contributed by atoms with E-state index in [1.807, 2.05) is 22.6 Å². The van der Waals surface area contributed by atoms with Gasteiger partial charge in [-0.15, -0.1) is 0 Å². The average molecular weight is 416 g/mol. The van der Waals surface area contributed by atoms with Gasteiger partial charge in [-0.1, -0.05) is 0 Å². The Morgan fingerprint density at radius 1 is 1.33 bits per heavy atom. The zero-order chi connectivity index (χ0) is 16.1. The Labute approximate surface area is 135 Å². The number of carbonyl (C=O) groups is 1. The molecule has 0 aliphatic rings. The van der Waals surface area contributed by atoms with E-state index in [1.165, 1.54) is 0 Å². The fraction of sp³-hybridized carbons (Fsp3) is 0.615. The number of ether oxygens (including phenoxy) is 1. The number of amides is 1. The minimum absolute atomic E-state index is 0.199. The molecule has 0 saturated carbocycles. The molecule has 0 bridgehead atoms. The van der Waals surface area contributed by atoms with Crippen molar-refractivity contribution in [3.63, 3.8) is 0 Å². The van der Waals surface area contributed by atoms with E-state index >= 15 is 0 Å². The monoisotopic (exact) mass is 416 g/mol. The Hall–Kier alpha value is -0.900. The van der Waals surface area contributed by atoms with Crippen molar-refractivity contribution in [1.82, 2.24) is 10.6 Å². The van der Waals surface area contributed by atoms with Crippen molar-refractivity contribution in [2.75, 3.05) is 13.1 Å². The molecule has 8 heteroatoms. The molecule has 0 atom stereocenters. The molecule has 1 amide bonds. The van der Waals surface area contributed by atoms with Crippen LogP contribution >= 0.6 is 22.6 Å². The lowest BCUT2D eigenvalue weighted by Gasteiger charge is -2.22. The Morgan fingerprint density at radius 3 is 2.52 bits per heavy atom. The van der Waals surface area contributed by atoms with Gasteiger partial charge in [0.05, 0.1) is 19.6 Å². The second-order valence-corrected chi connectivity index (χ2v) is 6.58. The molecule has 1 heterocycles. The summed E-state index contributed by atoms with van der Waals surface area (Å²) < 4.78 is 37.9. The molecule has 5 nitrogen and oxygen atoms in total. The highest BCUT2D eigenvalue weighted by molar-refractivity contribution is 14.1. The van der Waals surface area contributed by atoms with E-state index in [0.29, 0.717) is 9.53 Å². The highest BCUT2D eigenvalue weighted by Crippen LogP contribution is 2.13. The van der Waals surface area contributed by atoms with Gasteiger partial charge in [-0.25, -0.2) is 13.6 Å². The Kier molecular flexibility index (Phi) is 6.39. The molecule has 0 aromatic carbocycles. The van der Waals surface area contributed by atoms with Crippen LogP contribution in [0.3, 0.4) is 0 Å². The summed E-state index contributed by atoms with van der Waals surface area (Å²) in [5, 5.41) is 4.64. The molecule has 0 unspecified atom stereocenters. The summed E-state index contributed by atoms with van der Waals surface area (Å²) in [4.78, 5) is 11.3. The molecule has 0 aliphatic carbocycles. The minimum Gasteiger partial charge on any atom is -0.454 e. The predicted octanol–water partition coefficient (Wildman–Crippen LogP) is 3.13. The quantitative estimate of drug-likeness (QED) is 0.700. The molecule has 0 radical (unpaired) electrons. The summed E-state index contributed by atoms with van der Waals surface area (Å²) in [6.45, 7) is 3.83. The molecule has 0 aliphatic heterocycles. The number of nitrogens with one attached hydrogen (secondary N) is 2. The number of alkyl carbamates (subject to hydrolysis) is 1. The first-order chi connectivity index (χ1) is 9.57. The second kappa shape index (κ2) is 7.39. The molecule has 2 N–H and O–H groups in total. The predicted molar refractivity (Wildman–Crippen MR) is 82.3 cm³/mol. The molecule has 21 heavy (non-hydrogen) atoms. The van der Waals surface area contributed by atoms with Crippen molar-refractivity contribution in [2.45, 2.75) is 38.8 Å². The number of furan rings is 1. The highest BCUT2D eigenvalue weighted by atomic mass is 127. The zero-order valence-electron chi connectivity index (χ0n) is 12.1. The van der Waals surface area contributed by atoms with Crippen molar-refractivity contribution < 1.29 is 22.7 Å². The summed E-state index contributed by atoms with van der Waals surface area (Å²) in [5.74, 6) is -2.49. The van der Waals surface area contributed by atoms with Crippen LogP contribution in [0.1, 0.15) is 26.5 Å². The van der Waals surface area contributed by atoms with Crippen molar-refractivity contribution in [3.8, 4) is 0 Å². The lowest BCUT2D eigenvalue weighted by atomic mass is 10.2. The number of rotatable bonds is 6. The number of halogens is 3. The maximum absolute atomic E-state index is 13.6. The first-order valence-corrected chi connectivity index (χ1v) is 7.45. The van der Waals surface area contributed by atoms with Crippen LogP contribution in [0.5, 0.6) is 0 Å². The van der Waals surface area contributed by atoms with Gasteiger partial charge in [-0.3, -0.25) is 0 Å². The van der Waals surface area contributed by atoms with Gasteiger partial charge in [0.15, 0.2) is 3.77 Å². The summed E-state index contributed by atoms with van der Waals surface area (Å²) in [5.41, 5.74) is -0.714. The normalized spacial score (nSPS) is 12.3. The van der Waals surface area contributed by atoms with Crippen LogP contribution in [0, 0.1) is 3.77 Å². The molecule has 1 rings (SSSR count). The Morgan fingerprint density at radius 2 is 2.00 bits per heavy atom. The van der Waals surface area contributed by atoms with E-state index < -0.39 is 30.7 Å². The molecule has 0 saturated heterocycles. The summed E-state index contributed by atoms with van der Waals surface area (Å²) in [6, 6.07) is 3.46. The summed E-state index contributed by atoms with van der Waals surface area (Å²) in [6.07, 6.45) is -0.859.